The Kier molecular flexibility index (Phi) is 5.98. The fourth-order valence-corrected chi connectivity index (χ4v) is 6.18. The van der Waals surface area contributed by atoms with E-state index in [1.54, 1.807) is 24.3 Å². The number of nitrogens with two attached hydrogens (primary N) is 1. The molecule has 0 bridgehead atoms. The van der Waals surface area contributed by atoms with E-state index in [9.17, 15) is 8.42 Å². The average molecular weight is 499 g/mol. The minimum atomic E-state index is -3.22. The Bertz CT molecular complexity index is 1320. The Morgan fingerprint density at radius 2 is 1.86 bits per heavy atom. The summed E-state index contributed by atoms with van der Waals surface area (Å²) < 4.78 is 32.4. The predicted octanol–water partition coefficient (Wildman–Crippen LogP) is 1.75. The van der Waals surface area contributed by atoms with E-state index in [0.29, 0.717) is 37.0 Å². The summed E-state index contributed by atoms with van der Waals surface area (Å²) in [5.41, 5.74) is 8.35. The Labute approximate surface area is 204 Å². The first-order valence-corrected chi connectivity index (χ1v) is 13.2. The van der Waals surface area contributed by atoms with Crippen molar-refractivity contribution in [1.82, 2.24) is 29.8 Å². The Morgan fingerprint density at radius 1 is 1.14 bits per heavy atom. The summed E-state index contributed by atoms with van der Waals surface area (Å²) in [6.45, 7) is 6.77. The van der Waals surface area contributed by atoms with Gasteiger partial charge in [-0.3, -0.25) is 0 Å². The van der Waals surface area contributed by atoms with E-state index in [1.165, 1.54) is 0 Å². The summed E-state index contributed by atoms with van der Waals surface area (Å²) >= 11 is 0. The Hall–Kier alpha value is -3.09. The van der Waals surface area contributed by atoms with Crippen LogP contribution in [-0.4, -0.2) is 71.4 Å². The van der Waals surface area contributed by atoms with Gasteiger partial charge in [0.05, 0.1) is 11.4 Å². The molecule has 2 fully saturated rings. The first-order valence-electron chi connectivity index (χ1n) is 11.6. The quantitative estimate of drug-likeness (QED) is 0.494. The molecule has 35 heavy (non-hydrogen) atoms. The van der Waals surface area contributed by atoms with Crippen LogP contribution in [-0.2, 0) is 16.6 Å². The molecular formula is C23H30N8O3S. The Balaban J connectivity index is 1.32. The third kappa shape index (κ3) is 4.37. The van der Waals surface area contributed by atoms with Crippen LogP contribution >= 0.6 is 0 Å². The average Bonchev–Trinajstić information content (AvgIpc) is 3.47. The molecule has 0 saturated carbocycles. The molecule has 186 valence electrons. The molecule has 0 unspecified atom stereocenters. The van der Waals surface area contributed by atoms with Crippen LogP contribution in [0, 0.1) is 5.41 Å². The lowest BCUT2D eigenvalue weighted by molar-refractivity contribution is 0.0928. The first-order chi connectivity index (χ1) is 16.7. The van der Waals surface area contributed by atoms with Crippen LogP contribution in [0.15, 0.2) is 34.9 Å². The maximum atomic E-state index is 12.4. The molecule has 0 radical (unpaired) electrons. The highest BCUT2D eigenvalue weighted by atomic mass is 32.2. The van der Waals surface area contributed by atoms with Gasteiger partial charge < -0.3 is 20.4 Å². The molecule has 2 aliphatic heterocycles. The number of benzene rings is 1. The number of aromatic nitrogens is 4. The standard InChI is InChI=1S/C23H30N8O3S/c1-15(2)35(32,33)31-13-23(14-31)8-9-30(12-23)18-11-26-20(24)19(27-18)22-29-28-21(34-22)17-6-4-16(5-7-17)10-25-3/h4-7,11,15,25H,8-10,12-14H2,1-3H3,(H2,24,26). The van der Waals surface area contributed by atoms with Gasteiger partial charge in [-0.25, -0.2) is 22.7 Å². The summed E-state index contributed by atoms with van der Waals surface area (Å²) in [5, 5.41) is 11.0. The molecule has 12 heteroatoms. The molecule has 2 aromatic heterocycles. The third-order valence-corrected chi connectivity index (χ3v) is 8.91. The van der Waals surface area contributed by atoms with E-state index in [0.717, 1.165) is 30.6 Å². The second-order valence-corrected chi connectivity index (χ2v) is 12.1. The van der Waals surface area contributed by atoms with Gasteiger partial charge in [-0.15, -0.1) is 10.2 Å². The highest BCUT2D eigenvalue weighted by Crippen LogP contribution is 2.43. The van der Waals surface area contributed by atoms with Gasteiger partial charge in [-0.2, -0.15) is 0 Å². The predicted molar refractivity (Wildman–Crippen MR) is 133 cm³/mol. The monoisotopic (exact) mass is 498 g/mol. The summed E-state index contributed by atoms with van der Waals surface area (Å²) in [6.07, 6.45) is 2.53. The molecule has 2 aliphatic rings. The third-order valence-electron chi connectivity index (χ3n) is 6.74. The number of rotatable bonds is 7. The number of nitrogens with one attached hydrogen (secondary N) is 1. The second kappa shape index (κ2) is 8.85. The van der Waals surface area contributed by atoms with Gasteiger partial charge in [0.25, 0.3) is 5.89 Å². The molecule has 3 N–H and O–H groups in total. The lowest BCUT2D eigenvalue weighted by Crippen LogP contribution is -2.60. The minimum Gasteiger partial charge on any atom is -0.414 e. The van der Waals surface area contributed by atoms with Crippen LogP contribution in [0.3, 0.4) is 0 Å². The summed E-state index contributed by atoms with van der Waals surface area (Å²) in [5.74, 6) is 1.45. The van der Waals surface area contributed by atoms with Crippen molar-refractivity contribution in [1.29, 1.82) is 0 Å². The zero-order valence-electron chi connectivity index (χ0n) is 20.1. The zero-order chi connectivity index (χ0) is 24.8. The van der Waals surface area contributed by atoms with Gasteiger partial charge >= 0.3 is 0 Å². The fourth-order valence-electron chi connectivity index (χ4n) is 4.67. The smallest absolute Gasteiger partial charge is 0.270 e. The molecule has 0 amide bonds. The number of hydrogen-bond donors (Lipinski definition) is 2. The molecule has 2 saturated heterocycles. The SMILES string of the molecule is CNCc1ccc(-c2nnc(-c3nc(N4CCC5(C4)CN(S(=O)(=O)C(C)C)C5)cnc3N)o2)cc1. The molecule has 0 aliphatic carbocycles. The zero-order valence-corrected chi connectivity index (χ0v) is 20.9. The van der Waals surface area contributed by atoms with Gasteiger partial charge in [-0.1, -0.05) is 12.1 Å². The van der Waals surface area contributed by atoms with Gasteiger partial charge in [0.1, 0.15) is 5.82 Å². The van der Waals surface area contributed by atoms with E-state index >= 15 is 0 Å². The van der Waals surface area contributed by atoms with Gasteiger partial charge in [0.2, 0.25) is 15.9 Å². The highest BCUT2D eigenvalue weighted by molar-refractivity contribution is 7.89. The van der Waals surface area contributed by atoms with Crippen molar-refractivity contribution < 1.29 is 12.8 Å². The van der Waals surface area contributed by atoms with E-state index < -0.39 is 15.3 Å². The van der Waals surface area contributed by atoms with Gasteiger partial charge in [0, 0.05) is 43.7 Å². The topological polar surface area (TPSA) is 143 Å². The number of sulfonamides is 1. The van der Waals surface area contributed by atoms with Crippen LogP contribution in [0.1, 0.15) is 25.8 Å². The van der Waals surface area contributed by atoms with Crippen molar-refractivity contribution in [2.45, 2.75) is 32.1 Å². The van der Waals surface area contributed by atoms with Crippen molar-refractivity contribution in [2.24, 2.45) is 5.41 Å². The molecule has 11 nitrogen and oxygen atoms in total. The van der Waals surface area contributed by atoms with Crippen LogP contribution in [0.4, 0.5) is 11.6 Å². The van der Waals surface area contributed by atoms with Crippen LogP contribution in [0.25, 0.3) is 23.0 Å². The number of nitrogens with zero attached hydrogens (tertiary/aromatic N) is 6. The highest BCUT2D eigenvalue weighted by Gasteiger charge is 2.52. The largest absolute Gasteiger partial charge is 0.414 e. The molecule has 0 atom stereocenters. The van der Waals surface area contributed by atoms with E-state index in [2.05, 4.69) is 25.4 Å². The van der Waals surface area contributed by atoms with Crippen molar-refractivity contribution in [3.63, 3.8) is 0 Å². The van der Waals surface area contributed by atoms with Crippen molar-refractivity contribution in [3.05, 3.63) is 36.0 Å². The maximum Gasteiger partial charge on any atom is 0.270 e. The normalized spacial score (nSPS) is 17.9. The minimum absolute atomic E-state index is 0.0533. The van der Waals surface area contributed by atoms with Crippen LogP contribution < -0.4 is 16.0 Å². The number of nitrogen functional groups attached to an aromatic ring is 1. The molecule has 1 spiro atoms. The molecular weight excluding hydrogens is 468 g/mol. The number of anilines is 2. The van der Waals surface area contributed by atoms with Crippen molar-refractivity contribution in [2.75, 3.05) is 43.9 Å². The molecule has 3 aromatic rings. The lowest BCUT2D eigenvalue weighted by Gasteiger charge is -2.47. The van der Waals surface area contributed by atoms with E-state index in [4.69, 9.17) is 15.1 Å². The van der Waals surface area contributed by atoms with Crippen molar-refractivity contribution in [3.8, 4) is 23.0 Å². The van der Waals surface area contributed by atoms with E-state index in [-0.39, 0.29) is 17.1 Å². The van der Waals surface area contributed by atoms with Gasteiger partial charge in [0.15, 0.2) is 11.5 Å². The van der Waals surface area contributed by atoms with Crippen LogP contribution in [0.2, 0.25) is 0 Å². The second-order valence-electron chi connectivity index (χ2n) is 9.63. The Morgan fingerprint density at radius 3 is 2.54 bits per heavy atom. The van der Waals surface area contributed by atoms with E-state index in [1.807, 2.05) is 31.3 Å². The lowest BCUT2D eigenvalue weighted by atomic mass is 9.81. The molecule has 4 heterocycles. The first kappa shape index (κ1) is 23.6. The summed E-state index contributed by atoms with van der Waals surface area (Å²) in [6, 6.07) is 7.87. The summed E-state index contributed by atoms with van der Waals surface area (Å²) in [7, 11) is -1.32. The molecule has 5 rings (SSSR count). The van der Waals surface area contributed by atoms with Gasteiger partial charge in [-0.05, 0) is 45.0 Å². The fraction of sp³-hybridized carbons (Fsp3) is 0.478. The summed E-state index contributed by atoms with van der Waals surface area (Å²) in [4.78, 5) is 11.1. The van der Waals surface area contributed by atoms with Crippen molar-refractivity contribution >= 4 is 21.7 Å². The van der Waals surface area contributed by atoms with Crippen LogP contribution in [0.5, 0.6) is 0 Å². The molecule has 1 aromatic carbocycles. The number of hydrogen-bond acceptors (Lipinski definition) is 10. The maximum absolute atomic E-state index is 12.4.